The first-order chi connectivity index (χ1) is 4.59. The summed E-state index contributed by atoms with van der Waals surface area (Å²) in [6.07, 6.45) is 0.341. The summed E-state index contributed by atoms with van der Waals surface area (Å²) in [6, 6.07) is -0.442. The van der Waals surface area contributed by atoms with Crippen LogP contribution in [0.3, 0.4) is 0 Å². The van der Waals surface area contributed by atoms with Crippen LogP contribution in [0.2, 0.25) is 0 Å². The molecule has 0 aliphatic carbocycles. The van der Waals surface area contributed by atoms with Gasteiger partial charge in [0.15, 0.2) is 0 Å². The standard InChI is InChI=1S/C6H13NO3/c1-4(6(9)10)5(7)2-3-8/h4-5,8H,2-3,7H2,1H3,(H,9,10)/t4?,5-/m0/s1. The molecule has 10 heavy (non-hydrogen) atoms. The van der Waals surface area contributed by atoms with Gasteiger partial charge in [-0.05, 0) is 6.42 Å². The van der Waals surface area contributed by atoms with Crippen LogP contribution in [0.5, 0.6) is 0 Å². The van der Waals surface area contributed by atoms with Crippen molar-refractivity contribution in [2.45, 2.75) is 19.4 Å². The fourth-order valence-electron chi connectivity index (χ4n) is 0.582. The van der Waals surface area contributed by atoms with Gasteiger partial charge in [-0.15, -0.1) is 0 Å². The Bertz CT molecular complexity index is 116. The lowest BCUT2D eigenvalue weighted by molar-refractivity contribution is -0.141. The second-order valence-electron chi connectivity index (χ2n) is 2.30. The average Bonchev–Trinajstić information content (AvgIpc) is 1.87. The minimum absolute atomic E-state index is 0.0568. The van der Waals surface area contributed by atoms with E-state index in [2.05, 4.69) is 0 Å². The highest BCUT2D eigenvalue weighted by Crippen LogP contribution is 2.03. The van der Waals surface area contributed by atoms with Gasteiger partial charge >= 0.3 is 5.97 Å². The number of hydrogen-bond donors (Lipinski definition) is 3. The summed E-state index contributed by atoms with van der Waals surface area (Å²) < 4.78 is 0. The normalized spacial score (nSPS) is 16.3. The first-order valence-electron chi connectivity index (χ1n) is 3.18. The molecule has 0 aromatic carbocycles. The molecule has 4 heteroatoms. The highest BCUT2D eigenvalue weighted by molar-refractivity contribution is 5.70. The van der Waals surface area contributed by atoms with E-state index in [0.29, 0.717) is 6.42 Å². The van der Waals surface area contributed by atoms with E-state index >= 15 is 0 Å². The van der Waals surface area contributed by atoms with Gasteiger partial charge in [0.2, 0.25) is 0 Å². The number of rotatable bonds is 4. The summed E-state index contributed by atoms with van der Waals surface area (Å²) in [5.74, 6) is -1.49. The van der Waals surface area contributed by atoms with Crippen molar-refractivity contribution >= 4 is 5.97 Å². The molecule has 0 amide bonds. The van der Waals surface area contributed by atoms with Crippen molar-refractivity contribution in [3.63, 3.8) is 0 Å². The Balaban J connectivity index is 3.69. The van der Waals surface area contributed by atoms with E-state index in [-0.39, 0.29) is 6.61 Å². The van der Waals surface area contributed by atoms with Crippen LogP contribution in [0.25, 0.3) is 0 Å². The van der Waals surface area contributed by atoms with Gasteiger partial charge in [0, 0.05) is 12.6 Å². The third-order valence-corrected chi connectivity index (χ3v) is 1.49. The molecule has 0 bridgehead atoms. The Morgan fingerprint density at radius 1 is 1.70 bits per heavy atom. The lowest BCUT2D eigenvalue weighted by atomic mass is 10.0. The maximum Gasteiger partial charge on any atom is 0.307 e. The van der Waals surface area contributed by atoms with Crippen LogP contribution < -0.4 is 5.73 Å². The molecular weight excluding hydrogens is 134 g/mol. The third kappa shape index (κ3) is 2.80. The van der Waals surface area contributed by atoms with Crippen molar-refractivity contribution in [3.8, 4) is 0 Å². The minimum atomic E-state index is -0.916. The summed E-state index contributed by atoms with van der Waals surface area (Å²) in [5, 5.41) is 16.8. The molecular formula is C6H13NO3. The van der Waals surface area contributed by atoms with Crippen LogP contribution in [0, 0.1) is 5.92 Å². The van der Waals surface area contributed by atoms with Gasteiger partial charge in [0.1, 0.15) is 0 Å². The molecule has 0 saturated carbocycles. The molecule has 0 heterocycles. The summed E-state index contributed by atoms with van der Waals surface area (Å²) in [6.45, 7) is 1.47. The van der Waals surface area contributed by atoms with Gasteiger partial charge in [0.05, 0.1) is 5.92 Å². The number of carbonyl (C=O) groups is 1. The van der Waals surface area contributed by atoms with Crippen LogP contribution in [0.1, 0.15) is 13.3 Å². The molecule has 0 aliphatic rings. The second kappa shape index (κ2) is 4.24. The van der Waals surface area contributed by atoms with Crippen molar-refractivity contribution < 1.29 is 15.0 Å². The van der Waals surface area contributed by atoms with Gasteiger partial charge in [0.25, 0.3) is 0 Å². The van der Waals surface area contributed by atoms with Crippen LogP contribution in [-0.4, -0.2) is 28.8 Å². The highest BCUT2D eigenvalue weighted by Gasteiger charge is 2.18. The molecule has 0 fully saturated rings. The Morgan fingerprint density at radius 3 is 2.50 bits per heavy atom. The van der Waals surface area contributed by atoms with Crippen molar-refractivity contribution in [1.29, 1.82) is 0 Å². The monoisotopic (exact) mass is 147 g/mol. The number of aliphatic carboxylic acids is 1. The van der Waals surface area contributed by atoms with E-state index in [0.717, 1.165) is 0 Å². The van der Waals surface area contributed by atoms with Crippen LogP contribution >= 0.6 is 0 Å². The Morgan fingerprint density at radius 2 is 2.20 bits per heavy atom. The zero-order chi connectivity index (χ0) is 8.15. The fourth-order valence-corrected chi connectivity index (χ4v) is 0.582. The molecule has 4 N–H and O–H groups in total. The summed E-state index contributed by atoms with van der Waals surface area (Å²) in [7, 11) is 0. The first kappa shape index (κ1) is 9.39. The fraction of sp³-hybridized carbons (Fsp3) is 0.833. The van der Waals surface area contributed by atoms with E-state index in [1.54, 1.807) is 0 Å². The first-order valence-corrected chi connectivity index (χ1v) is 3.18. The molecule has 0 aromatic heterocycles. The van der Waals surface area contributed by atoms with Gasteiger partial charge in [-0.2, -0.15) is 0 Å². The Kier molecular flexibility index (Phi) is 3.99. The highest BCUT2D eigenvalue weighted by atomic mass is 16.4. The topological polar surface area (TPSA) is 83.5 Å². The van der Waals surface area contributed by atoms with E-state index in [4.69, 9.17) is 15.9 Å². The number of aliphatic hydroxyl groups excluding tert-OH is 1. The Hall–Kier alpha value is -0.610. The van der Waals surface area contributed by atoms with E-state index < -0.39 is 17.9 Å². The van der Waals surface area contributed by atoms with E-state index in [1.165, 1.54) is 6.92 Å². The van der Waals surface area contributed by atoms with Gasteiger partial charge in [-0.3, -0.25) is 4.79 Å². The molecule has 0 rings (SSSR count). The quantitative estimate of drug-likeness (QED) is 0.496. The molecule has 0 spiro atoms. The molecule has 2 atom stereocenters. The lowest BCUT2D eigenvalue weighted by Gasteiger charge is -2.13. The molecule has 0 aromatic rings. The molecule has 60 valence electrons. The molecule has 0 saturated heterocycles. The van der Waals surface area contributed by atoms with Gasteiger partial charge < -0.3 is 15.9 Å². The van der Waals surface area contributed by atoms with Crippen LogP contribution in [0.4, 0.5) is 0 Å². The smallest absolute Gasteiger partial charge is 0.307 e. The summed E-state index contributed by atoms with van der Waals surface area (Å²) in [5.41, 5.74) is 5.39. The maximum absolute atomic E-state index is 10.3. The molecule has 1 unspecified atom stereocenters. The van der Waals surface area contributed by atoms with Crippen molar-refractivity contribution in [1.82, 2.24) is 0 Å². The average molecular weight is 147 g/mol. The predicted octanol–water partition coefficient (Wildman–Crippen LogP) is -0.583. The van der Waals surface area contributed by atoms with Crippen molar-refractivity contribution in [3.05, 3.63) is 0 Å². The maximum atomic E-state index is 10.3. The molecule has 0 radical (unpaired) electrons. The zero-order valence-electron chi connectivity index (χ0n) is 5.95. The number of hydrogen-bond acceptors (Lipinski definition) is 3. The van der Waals surface area contributed by atoms with Gasteiger partial charge in [-0.1, -0.05) is 6.92 Å². The summed E-state index contributed by atoms with van der Waals surface area (Å²) in [4.78, 5) is 10.3. The number of aliphatic hydroxyl groups is 1. The number of carboxylic acid groups (broad SMARTS) is 1. The third-order valence-electron chi connectivity index (χ3n) is 1.49. The molecule has 4 nitrogen and oxygen atoms in total. The van der Waals surface area contributed by atoms with Crippen LogP contribution in [-0.2, 0) is 4.79 Å². The van der Waals surface area contributed by atoms with E-state index in [9.17, 15) is 4.79 Å². The predicted molar refractivity (Wildman–Crippen MR) is 36.5 cm³/mol. The largest absolute Gasteiger partial charge is 0.481 e. The van der Waals surface area contributed by atoms with Crippen LogP contribution in [0.15, 0.2) is 0 Å². The minimum Gasteiger partial charge on any atom is -0.481 e. The lowest BCUT2D eigenvalue weighted by Crippen LogP contribution is -2.34. The van der Waals surface area contributed by atoms with Crippen molar-refractivity contribution in [2.24, 2.45) is 11.7 Å². The number of carboxylic acids is 1. The number of nitrogens with two attached hydrogens (primary N) is 1. The van der Waals surface area contributed by atoms with Crippen molar-refractivity contribution in [2.75, 3.05) is 6.61 Å². The SMILES string of the molecule is CC(C(=O)O)[C@@H](N)CCO. The van der Waals surface area contributed by atoms with E-state index in [1.807, 2.05) is 0 Å². The second-order valence-corrected chi connectivity index (χ2v) is 2.30. The van der Waals surface area contributed by atoms with Gasteiger partial charge in [-0.25, -0.2) is 0 Å². The Labute approximate surface area is 59.7 Å². The summed E-state index contributed by atoms with van der Waals surface area (Å²) >= 11 is 0. The molecule has 0 aliphatic heterocycles. The zero-order valence-corrected chi connectivity index (χ0v) is 5.95.